The lowest BCUT2D eigenvalue weighted by Crippen LogP contribution is -2.52. The molecule has 2 aliphatic heterocycles. The van der Waals surface area contributed by atoms with Gasteiger partial charge in [0.05, 0.1) is 37.7 Å². The minimum atomic E-state index is -2.01. The molecule has 11 heteroatoms. The number of para-hydroxylation sites is 1. The molecule has 1 saturated heterocycles. The van der Waals surface area contributed by atoms with E-state index in [-0.39, 0.29) is 23.0 Å². The van der Waals surface area contributed by atoms with Crippen molar-refractivity contribution in [1.29, 1.82) is 0 Å². The number of rotatable bonds is 9. The Labute approximate surface area is 233 Å². The van der Waals surface area contributed by atoms with Gasteiger partial charge in [-0.05, 0) is 36.7 Å². The molecule has 0 bridgehead atoms. The monoisotopic (exact) mass is 560 g/mol. The number of halogens is 1. The van der Waals surface area contributed by atoms with Gasteiger partial charge in [0.1, 0.15) is 0 Å². The van der Waals surface area contributed by atoms with E-state index in [4.69, 9.17) is 9.16 Å². The second-order valence-corrected chi connectivity index (χ2v) is 17.0. The molecule has 9 nitrogen and oxygen atoms in total. The van der Waals surface area contributed by atoms with Crippen LogP contribution in [0.5, 0.6) is 5.75 Å². The lowest BCUT2D eigenvalue weighted by Gasteiger charge is -2.42. The molecule has 1 atom stereocenters. The Kier molecular flexibility index (Phi) is 8.92. The number of nitrogens with one attached hydrogen (secondary N) is 1. The highest BCUT2D eigenvalue weighted by molar-refractivity contribution is 6.74. The molecule has 39 heavy (non-hydrogen) atoms. The molecule has 0 unspecified atom stereocenters. The van der Waals surface area contributed by atoms with Crippen molar-refractivity contribution < 1.29 is 18.3 Å². The number of anilines is 1. The summed E-state index contributed by atoms with van der Waals surface area (Å²) in [7, 11) is 1.41. The molecule has 0 saturated carbocycles. The quantitative estimate of drug-likeness (QED) is 0.464. The summed E-state index contributed by atoms with van der Waals surface area (Å²) >= 11 is 0. The van der Waals surface area contributed by atoms with Crippen molar-refractivity contribution in [2.45, 2.75) is 64.5 Å². The maximum atomic E-state index is 14.2. The highest BCUT2D eigenvalue weighted by atomic mass is 28.4. The van der Waals surface area contributed by atoms with Crippen LogP contribution in [0.25, 0.3) is 0 Å². The predicted octanol–water partition coefficient (Wildman–Crippen LogP) is 4.20. The Hall–Kier alpha value is -2.63. The number of carbonyl (C=O) groups is 1. The van der Waals surface area contributed by atoms with Crippen molar-refractivity contribution in [3.63, 3.8) is 0 Å². The number of aryl methyl sites for hydroxylation is 1. The van der Waals surface area contributed by atoms with E-state index in [9.17, 15) is 9.18 Å². The summed E-state index contributed by atoms with van der Waals surface area (Å²) in [4.78, 5) is 19.3. The molecule has 0 radical (unpaired) electrons. The predicted molar refractivity (Wildman–Crippen MR) is 154 cm³/mol. The molecular weight excluding hydrogens is 515 g/mol. The van der Waals surface area contributed by atoms with E-state index >= 15 is 0 Å². The Bertz CT molecular complexity index is 1120. The second-order valence-electron chi connectivity index (χ2n) is 12.2. The Morgan fingerprint density at radius 2 is 1.90 bits per heavy atom. The second kappa shape index (κ2) is 11.9. The van der Waals surface area contributed by atoms with Gasteiger partial charge in [-0.25, -0.2) is 9.18 Å². The first kappa shape index (κ1) is 29.4. The Morgan fingerprint density at radius 1 is 1.18 bits per heavy atom. The number of aromatic nitrogens is 2. The first-order valence-corrected chi connectivity index (χ1v) is 16.8. The standard InChI is InChI=1S/C28H45FN6O3Si/c1-28(2,3)39(6,7)38-22(11-12-30-27(36)35-18-21-17-32(4)31-24(21)20-35)19-33-13-15-34(16-14-33)25-10-8-9-23(29)26(25)37-5/h8-10,17,22H,11-16,18-20H2,1-7H3,(H,30,36)/t22-/m1/s1. The topological polar surface area (TPSA) is 75.1 Å². The zero-order chi connectivity index (χ0) is 28.4. The fourth-order valence-corrected chi connectivity index (χ4v) is 6.45. The number of hydrogen-bond donors (Lipinski definition) is 1. The van der Waals surface area contributed by atoms with Crippen LogP contribution in [0.1, 0.15) is 38.4 Å². The summed E-state index contributed by atoms with van der Waals surface area (Å²) in [6.45, 7) is 17.1. The van der Waals surface area contributed by atoms with E-state index in [2.05, 4.69) is 54.1 Å². The number of hydrogen-bond acceptors (Lipinski definition) is 6. The van der Waals surface area contributed by atoms with Gasteiger partial charge in [0, 0.05) is 58.1 Å². The third-order valence-corrected chi connectivity index (χ3v) is 12.9. The molecule has 1 fully saturated rings. The molecule has 1 aromatic heterocycles. The molecule has 4 rings (SSSR count). The van der Waals surface area contributed by atoms with Gasteiger partial charge in [0.25, 0.3) is 0 Å². The minimum Gasteiger partial charge on any atom is -0.492 e. The largest absolute Gasteiger partial charge is 0.492 e. The Balaban J connectivity index is 1.33. The molecule has 2 amide bonds. The fraction of sp³-hybridized carbons (Fsp3) is 0.643. The van der Waals surface area contributed by atoms with Crippen LogP contribution < -0.4 is 15.0 Å². The number of benzene rings is 1. The van der Waals surface area contributed by atoms with Crippen LogP contribution in [0.4, 0.5) is 14.9 Å². The summed E-state index contributed by atoms with van der Waals surface area (Å²) in [6.07, 6.45) is 2.74. The summed E-state index contributed by atoms with van der Waals surface area (Å²) < 4.78 is 28.2. The van der Waals surface area contributed by atoms with Crippen molar-refractivity contribution in [3.05, 3.63) is 41.5 Å². The molecule has 216 valence electrons. The zero-order valence-corrected chi connectivity index (χ0v) is 25.6. The molecule has 3 heterocycles. The molecular formula is C28H45FN6O3Si. The lowest BCUT2D eigenvalue weighted by atomic mass is 10.2. The Morgan fingerprint density at radius 3 is 2.54 bits per heavy atom. The van der Waals surface area contributed by atoms with Gasteiger partial charge in [-0.2, -0.15) is 5.10 Å². The van der Waals surface area contributed by atoms with Gasteiger partial charge in [0.15, 0.2) is 19.9 Å². The van der Waals surface area contributed by atoms with Gasteiger partial charge in [-0.15, -0.1) is 0 Å². The zero-order valence-electron chi connectivity index (χ0n) is 24.6. The molecule has 0 spiro atoms. The van der Waals surface area contributed by atoms with E-state index in [1.54, 1.807) is 15.6 Å². The average molecular weight is 561 g/mol. The SMILES string of the molecule is COc1c(F)cccc1N1CCN(C[C@@H](CCNC(=O)N2Cc3cn(C)nc3C2)O[Si](C)(C)C(C)(C)C)CC1. The van der Waals surface area contributed by atoms with Crippen molar-refractivity contribution in [2.24, 2.45) is 7.05 Å². The molecule has 1 N–H and O–H groups in total. The number of piperazine rings is 1. The van der Waals surface area contributed by atoms with E-state index in [0.29, 0.717) is 25.4 Å². The van der Waals surface area contributed by atoms with Crippen LogP contribution in [0.3, 0.4) is 0 Å². The highest BCUT2D eigenvalue weighted by Crippen LogP contribution is 2.38. The van der Waals surface area contributed by atoms with E-state index < -0.39 is 8.32 Å². The van der Waals surface area contributed by atoms with Gasteiger partial charge < -0.3 is 24.3 Å². The van der Waals surface area contributed by atoms with Gasteiger partial charge in [0.2, 0.25) is 0 Å². The number of nitrogens with zero attached hydrogens (tertiary/aromatic N) is 5. The van der Waals surface area contributed by atoms with Crippen molar-refractivity contribution >= 4 is 20.0 Å². The van der Waals surface area contributed by atoms with Crippen LogP contribution in [-0.2, 0) is 24.6 Å². The van der Waals surface area contributed by atoms with Gasteiger partial charge in [-0.3, -0.25) is 9.58 Å². The molecule has 2 aliphatic rings. The van der Waals surface area contributed by atoms with Crippen molar-refractivity contribution in [2.75, 3.05) is 51.3 Å². The van der Waals surface area contributed by atoms with Crippen LogP contribution in [0, 0.1) is 5.82 Å². The summed E-state index contributed by atoms with van der Waals surface area (Å²) in [5, 5.41) is 7.65. The molecule has 2 aromatic rings. The number of carbonyl (C=O) groups excluding carboxylic acids is 1. The van der Waals surface area contributed by atoms with E-state index in [1.807, 2.05) is 19.3 Å². The normalized spacial score (nSPS) is 17.3. The number of ether oxygens (including phenoxy) is 1. The third-order valence-electron chi connectivity index (χ3n) is 8.32. The maximum absolute atomic E-state index is 14.2. The number of methoxy groups -OCH3 is 1. The van der Waals surface area contributed by atoms with E-state index in [1.165, 1.54) is 13.2 Å². The van der Waals surface area contributed by atoms with Crippen molar-refractivity contribution in [3.8, 4) is 5.75 Å². The highest BCUT2D eigenvalue weighted by Gasteiger charge is 2.39. The summed E-state index contributed by atoms with van der Waals surface area (Å²) in [5.41, 5.74) is 2.89. The van der Waals surface area contributed by atoms with Crippen LogP contribution in [0.15, 0.2) is 24.4 Å². The smallest absolute Gasteiger partial charge is 0.318 e. The van der Waals surface area contributed by atoms with Crippen LogP contribution in [0.2, 0.25) is 18.1 Å². The number of fused-ring (bicyclic) bond motifs is 1. The van der Waals surface area contributed by atoms with Crippen molar-refractivity contribution in [1.82, 2.24) is 24.9 Å². The summed E-state index contributed by atoms with van der Waals surface area (Å²) in [5.74, 6) is -0.0330. The molecule has 1 aromatic carbocycles. The van der Waals surface area contributed by atoms with Gasteiger partial charge >= 0.3 is 6.03 Å². The lowest BCUT2D eigenvalue weighted by molar-refractivity contribution is 0.108. The van der Waals surface area contributed by atoms with Crippen LogP contribution >= 0.6 is 0 Å². The first-order valence-electron chi connectivity index (χ1n) is 13.9. The van der Waals surface area contributed by atoms with Crippen LogP contribution in [-0.4, -0.2) is 86.4 Å². The third kappa shape index (κ3) is 6.93. The number of urea groups is 1. The number of amides is 2. The maximum Gasteiger partial charge on any atom is 0.318 e. The molecule has 0 aliphatic carbocycles. The average Bonchev–Trinajstić information content (AvgIpc) is 3.41. The summed E-state index contributed by atoms with van der Waals surface area (Å²) in [6, 6.07) is 5.02. The van der Waals surface area contributed by atoms with E-state index in [0.717, 1.165) is 56.1 Å². The fourth-order valence-electron chi connectivity index (χ4n) is 5.08. The first-order chi connectivity index (χ1) is 18.4. The van der Waals surface area contributed by atoms with Gasteiger partial charge in [-0.1, -0.05) is 26.8 Å². The minimum absolute atomic E-state index is 0.0140.